The van der Waals surface area contributed by atoms with Crippen LogP contribution in [0.1, 0.15) is 18.5 Å². The first-order valence-corrected chi connectivity index (χ1v) is 7.83. The molecular weight excluding hydrogens is 266 g/mol. The molecule has 0 amide bonds. The molecule has 0 unspecified atom stereocenters. The van der Waals surface area contributed by atoms with Crippen LogP contribution in [-0.2, 0) is 0 Å². The fourth-order valence-electron chi connectivity index (χ4n) is 1.97. The molecule has 2 rings (SSSR count). The van der Waals surface area contributed by atoms with Gasteiger partial charge in [0.15, 0.2) is 0 Å². The van der Waals surface area contributed by atoms with Gasteiger partial charge in [0.05, 0.1) is 7.11 Å². The monoisotopic (exact) mass is 287 g/mol. The fraction of sp³-hybridized carbons (Fsp3) is 0.294. The molecule has 0 aromatic heterocycles. The van der Waals surface area contributed by atoms with Crippen LogP contribution < -0.4 is 10.1 Å². The highest BCUT2D eigenvalue weighted by molar-refractivity contribution is 7.99. The molecule has 2 aromatic carbocycles. The predicted molar refractivity (Wildman–Crippen MR) is 86.6 cm³/mol. The molecule has 0 aliphatic rings. The second kappa shape index (κ2) is 7.98. The molecule has 0 radical (unpaired) electrons. The van der Waals surface area contributed by atoms with Gasteiger partial charge in [-0.25, -0.2) is 0 Å². The van der Waals surface area contributed by atoms with Crippen molar-refractivity contribution in [2.45, 2.75) is 17.9 Å². The normalized spacial score (nSPS) is 12.1. The quantitative estimate of drug-likeness (QED) is 0.611. The topological polar surface area (TPSA) is 21.3 Å². The minimum atomic E-state index is 0.359. The standard InChI is InChI=1S/C17H21NOS/c1-14(15-8-10-16(19-2)11-9-15)18-12-13-20-17-6-4-3-5-7-17/h3-11,14,18H,12-13H2,1-2H3/t14-/m1/s1. The molecule has 0 aliphatic carbocycles. The van der Waals surface area contributed by atoms with E-state index in [1.165, 1.54) is 10.5 Å². The molecule has 0 saturated carbocycles. The fourth-order valence-corrected chi connectivity index (χ4v) is 2.78. The predicted octanol–water partition coefficient (Wildman–Crippen LogP) is 4.14. The van der Waals surface area contributed by atoms with Crippen molar-refractivity contribution in [3.63, 3.8) is 0 Å². The summed E-state index contributed by atoms with van der Waals surface area (Å²) in [5.41, 5.74) is 1.29. The number of methoxy groups -OCH3 is 1. The molecule has 0 fully saturated rings. The maximum atomic E-state index is 5.17. The molecule has 0 bridgehead atoms. The number of benzene rings is 2. The number of thioether (sulfide) groups is 1. The summed E-state index contributed by atoms with van der Waals surface area (Å²) >= 11 is 1.88. The number of rotatable bonds is 7. The van der Waals surface area contributed by atoms with Gasteiger partial charge < -0.3 is 10.1 Å². The summed E-state index contributed by atoms with van der Waals surface area (Å²) < 4.78 is 5.17. The Labute approximate surface area is 125 Å². The number of hydrogen-bond acceptors (Lipinski definition) is 3. The van der Waals surface area contributed by atoms with Gasteiger partial charge in [0, 0.05) is 23.2 Å². The Hall–Kier alpha value is -1.45. The number of nitrogens with one attached hydrogen (secondary N) is 1. The third kappa shape index (κ3) is 4.58. The van der Waals surface area contributed by atoms with Gasteiger partial charge in [0.1, 0.15) is 5.75 Å². The lowest BCUT2D eigenvalue weighted by Crippen LogP contribution is -2.21. The van der Waals surface area contributed by atoms with Crippen LogP contribution in [0.3, 0.4) is 0 Å². The second-order valence-electron chi connectivity index (χ2n) is 4.61. The SMILES string of the molecule is COc1ccc([C@@H](C)NCCSc2ccccc2)cc1. The summed E-state index contributed by atoms with van der Waals surface area (Å²) in [6.45, 7) is 3.18. The summed E-state index contributed by atoms with van der Waals surface area (Å²) in [4.78, 5) is 1.33. The molecule has 2 aromatic rings. The van der Waals surface area contributed by atoms with Gasteiger partial charge in [-0.15, -0.1) is 11.8 Å². The van der Waals surface area contributed by atoms with Crippen molar-refractivity contribution < 1.29 is 4.74 Å². The maximum Gasteiger partial charge on any atom is 0.118 e. The van der Waals surface area contributed by atoms with E-state index in [1.54, 1.807) is 7.11 Å². The van der Waals surface area contributed by atoms with Crippen LogP contribution in [0.4, 0.5) is 0 Å². The Balaban J connectivity index is 1.73. The lowest BCUT2D eigenvalue weighted by atomic mass is 10.1. The van der Waals surface area contributed by atoms with E-state index in [9.17, 15) is 0 Å². The molecular formula is C17H21NOS. The van der Waals surface area contributed by atoms with E-state index in [0.29, 0.717) is 6.04 Å². The van der Waals surface area contributed by atoms with Gasteiger partial charge >= 0.3 is 0 Å². The molecule has 3 heteroatoms. The Morgan fingerprint density at radius 1 is 1.05 bits per heavy atom. The zero-order valence-corrected chi connectivity index (χ0v) is 12.8. The average molecular weight is 287 g/mol. The highest BCUT2D eigenvalue weighted by Gasteiger charge is 2.04. The second-order valence-corrected chi connectivity index (χ2v) is 5.78. The van der Waals surface area contributed by atoms with Gasteiger partial charge in [-0.2, -0.15) is 0 Å². The van der Waals surface area contributed by atoms with Crippen molar-refractivity contribution in [1.29, 1.82) is 0 Å². The van der Waals surface area contributed by atoms with Crippen molar-refractivity contribution in [2.75, 3.05) is 19.4 Å². The van der Waals surface area contributed by atoms with Crippen molar-refractivity contribution >= 4 is 11.8 Å². The number of ether oxygens (including phenoxy) is 1. The summed E-state index contributed by atoms with van der Waals surface area (Å²) in [6.07, 6.45) is 0. The summed E-state index contributed by atoms with van der Waals surface area (Å²) in [6, 6.07) is 19.1. The zero-order chi connectivity index (χ0) is 14.2. The molecule has 0 heterocycles. The molecule has 2 nitrogen and oxygen atoms in total. The van der Waals surface area contributed by atoms with Gasteiger partial charge in [0.2, 0.25) is 0 Å². The van der Waals surface area contributed by atoms with Gasteiger partial charge in [-0.05, 0) is 36.8 Å². The van der Waals surface area contributed by atoms with Crippen molar-refractivity contribution in [2.24, 2.45) is 0 Å². The van der Waals surface area contributed by atoms with E-state index >= 15 is 0 Å². The first-order valence-electron chi connectivity index (χ1n) is 6.85. The smallest absolute Gasteiger partial charge is 0.118 e. The van der Waals surface area contributed by atoms with Crippen LogP contribution in [0.5, 0.6) is 5.75 Å². The van der Waals surface area contributed by atoms with Gasteiger partial charge in [-0.1, -0.05) is 30.3 Å². The minimum absolute atomic E-state index is 0.359. The molecule has 0 spiro atoms. The van der Waals surface area contributed by atoms with Gasteiger partial charge in [0.25, 0.3) is 0 Å². The van der Waals surface area contributed by atoms with E-state index in [-0.39, 0.29) is 0 Å². The summed E-state index contributed by atoms with van der Waals surface area (Å²) in [5.74, 6) is 1.98. The Morgan fingerprint density at radius 2 is 1.75 bits per heavy atom. The van der Waals surface area contributed by atoms with E-state index in [4.69, 9.17) is 4.74 Å². The van der Waals surface area contributed by atoms with Crippen molar-refractivity contribution in [1.82, 2.24) is 5.32 Å². The highest BCUT2D eigenvalue weighted by Crippen LogP contribution is 2.18. The zero-order valence-electron chi connectivity index (χ0n) is 12.0. The summed E-state index contributed by atoms with van der Waals surface area (Å²) in [7, 11) is 1.69. The minimum Gasteiger partial charge on any atom is -0.497 e. The number of hydrogen-bond donors (Lipinski definition) is 1. The molecule has 1 N–H and O–H groups in total. The average Bonchev–Trinajstić information content (AvgIpc) is 2.52. The van der Waals surface area contributed by atoms with Crippen molar-refractivity contribution in [3.8, 4) is 5.75 Å². The van der Waals surface area contributed by atoms with E-state index in [0.717, 1.165) is 18.0 Å². The molecule has 1 atom stereocenters. The Bertz CT molecular complexity index is 498. The van der Waals surface area contributed by atoms with Crippen LogP contribution in [0, 0.1) is 0 Å². The van der Waals surface area contributed by atoms with E-state index in [2.05, 4.69) is 48.6 Å². The first-order chi connectivity index (χ1) is 9.79. The lowest BCUT2D eigenvalue weighted by molar-refractivity contribution is 0.414. The largest absolute Gasteiger partial charge is 0.497 e. The first kappa shape index (κ1) is 14.9. The third-order valence-corrected chi connectivity index (χ3v) is 4.19. The third-order valence-electron chi connectivity index (χ3n) is 3.18. The van der Waals surface area contributed by atoms with Crippen LogP contribution in [0.2, 0.25) is 0 Å². The summed E-state index contributed by atoms with van der Waals surface area (Å²) in [5, 5.41) is 3.54. The Morgan fingerprint density at radius 3 is 2.40 bits per heavy atom. The molecule has 20 heavy (non-hydrogen) atoms. The van der Waals surface area contributed by atoms with Crippen LogP contribution in [-0.4, -0.2) is 19.4 Å². The van der Waals surface area contributed by atoms with Crippen LogP contribution in [0.25, 0.3) is 0 Å². The van der Waals surface area contributed by atoms with Gasteiger partial charge in [-0.3, -0.25) is 0 Å². The molecule has 0 aliphatic heterocycles. The van der Waals surface area contributed by atoms with Crippen LogP contribution in [0.15, 0.2) is 59.5 Å². The maximum absolute atomic E-state index is 5.17. The molecule has 0 saturated heterocycles. The van der Waals surface area contributed by atoms with E-state index in [1.807, 2.05) is 30.0 Å². The highest BCUT2D eigenvalue weighted by atomic mass is 32.2. The van der Waals surface area contributed by atoms with E-state index < -0.39 is 0 Å². The molecule has 106 valence electrons. The Kier molecular flexibility index (Phi) is 5.96. The lowest BCUT2D eigenvalue weighted by Gasteiger charge is -2.14. The van der Waals surface area contributed by atoms with Crippen molar-refractivity contribution in [3.05, 3.63) is 60.2 Å². The van der Waals surface area contributed by atoms with Crippen LogP contribution >= 0.6 is 11.8 Å².